The number of carbonyl (C=O) groups is 3. The Morgan fingerprint density at radius 3 is 2.73 bits per heavy atom. The topological polar surface area (TPSA) is 95.9 Å². The number of amides is 2. The second kappa shape index (κ2) is 8.55. The quantitative estimate of drug-likeness (QED) is 0.786. The molecule has 1 aromatic carbocycles. The summed E-state index contributed by atoms with van der Waals surface area (Å²) < 4.78 is 5.34. The van der Waals surface area contributed by atoms with Gasteiger partial charge < -0.3 is 20.1 Å². The molecule has 0 radical (unpaired) electrons. The number of aliphatic carboxylic acids is 1. The van der Waals surface area contributed by atoms with E-state index in [2.05, 4.69) is 5.32 Å². The number of nitrogens with zero attached hydrogens (tertiary/aromatic N) is 1. The highest BCUT2D eigenvalue weighted by Gasteiger charge is 2.33. The van der Waals surface area contributed by atoms with Crippen LogP contribution in [0.3, 0.4) is 0 Å². The minimum atomic E-state index is -0.937. The zero-order valence-electron chi connectivity index (χ0n) is 14.3. The average molecular weight is 378 g/mol. The molecule has 26 heavy (non-hydrogen) atoms. The van der Waals surface area contributed by atoms with Gasteiger partial charge in [0.2, 0.25) is 11.8 Å². The van der Waals surface area contributed by atoms with E-state index in [1.54, 1.807) is 4.90 Å². The van der Waals surface area contributed by atoms with Crippen LogP contribution in [0.5, 0.6) is 0 Å². The Hall–Kier alpha value is -2.06. The molecule has 0 aliphatic carbocycles. The molecule has 1 atom stereocenters. The highest BCUT2D eigenvalue weighted by Crippen LogP contribution is 2.37. The summed E-state index contributed by atoms with van der Waals surface area (Å²) in [7, 11) is 0. The van der Waals surface area contributed by atoms with Gasteiger partial charge in [0.05, 0.1) is 17.4 Å². The van der Waals surface area contributed by atoms with E-state index in [-0.39, 0.29) is 37.2 Å². The van der Waals surface area contributed by atoms with Crippen LogP contribution in [-0.2, 0) is 19.1 Å². The van der Waals surface area contributed by atoms with Gasteiger partial charge in [-0.05, 0) is 25.0 Å². The number of hydrogen-bond donors (Lipinski definition) is 2. The highest BCUT2D eigenvalue weighted by molar-refractivity contribution is 8.01. The number of carboxylic acids is 1. The molecule has 0 spiro atoms. The summed E-state index contributed by atoms with van der Waals surface area (Å²) in [6.45, 7) is 1.29. The molecule has 1 fully saturated rings. The van der Waals surface area contributed by atoms with Crippen LogP contribution in [0.2, 0.25) is 0 Å². The Kier molecular flexibility index (Phi) is 6.16. The summed E-state index contributed by atoms with van der Waals surface area (Å²) in [5.41, 5.74) is 0.762. The van der Waals surface area contributed by atoms with Gasteiger partial charge in [-0.1, -0.05) is 12.1 Å². The third kappa shape index (κ3) is 4.56. The smallest absolute Gasteiger partial charge is 0.305 e. The van der Waals surface area contributed by atoms with Gasteiger partial charge in [-0.15, -0.1) is 11.8 Å². The Morgan fingerprint density at radius 1 is 1.27 bits per heavy atom. The molecule has 0 saturated carbocycles. The molecular formula is C18H22N2O5S. The predicted octanol–water partition coefficient (Wildman–Crippen LogP) is 1.97. The van der Waals surface area contributed by atoms with E-state index in [4.69, 9.17) is 9.84 Å². The summed E-state index contributed by atoms with van der Waals surface area (Å²) in [5.74, 6) is -1.30. The Labute approximate surface area is 156 Å². The van der Waals surface area contributed by atoms with E-state index in [0.717, 1.165) is 10.6 Å². The van der Waals surface area contributed by atoms with Crippen molar-refractivity contribution in [2.75, 3.05) is 25.1 Å². The van der Waals surface area contributed by atoms with E-state index >= 15 is 0 Å². The highest BCUT2D eigenvalue weighted by atomic mass is 32.2. The maximum atomic E-state index is 12.9. The number of thioether (sulfide) groups is 1. The van der Waals surface area contributed by atoms with Crippen molar-refractivity contribution < 1.29 is 24.2 Å². The fourth-order valence-corrected chi connectivity index (χ4v) is 4.33. The molecule has 7 nitrogen and oxygen atoms in total. The van der Waals surface area contributed by atoms with Crippen LogP contribution in [0.15, 0.2) is 29.2 Å². The van der Waals surface area contributed by atoms with Crippen LogP contribution in [0.1, 0.15) is 25.7 Å². The number of carboxylic acid groups (broad SMARTS) is 1. The summed E-state index contributed by atoms with van der Waals surface area (Å²) >= 11 is 1.38. The molecule has 0 unspecified atom stereocenters. The number of hydrogen-bond acceptors (Lipinski definition) is 5. The van der Waals surface area contributed by atoms with Gasteiger partial charge >= 0.3 is 5.97 Å². The van der Waals surface area contributed by atoms with Gasteiger partial charge in [-0.2, -0.15) is 0 Å². The molecule has 1 aromatic rings. The average Bonchev–Trinajstić information content (AvgIpc) is 2.63. The van der Waals surface area contributed by atoms with Gasteiger partial charge in [0.25, 0.3) is 0 Å². The number of para-hydroxylation sites is 1. The summed E-state index contributed by atoms with van der Waals surface area (Å²) in [6.07, 6.45) is 1.34. The second-order valence-corrected chi connectivity index (χ2v) is 7.62. The van der Waals surface area contributed by atoms with Crippen molar-refractivity contribution >= 4 is 35.2 Å². The molecule has 2 N–H and O–H groups in total. The first-order valence-electron chi connectivity index (χ1n) is 8.70. The molecule has 2 heterocycles. The molecule has 3 rings (SSSR count). The van der Waals surface area contributed by atoms with Crippen molar-refractivity contribution in [2.45, 2.75) is 41.9 Å². The van der Waals surface area contributed by atoms with Crippen molar-refractivity contribution in [3.63, 3.8) is 0 Å². The molecule has 2 amide bonds. The maximum Gasteiger partial charge on any atom is 0.305 e. The standard InChI is InChI=1S/C18H22N2O5S/c21-16(20(8-5-17(22)23)12-6-9-25-10-7-12)11-15-18(24)19-13-3-1-2-4-14(13)26-15/h1-4,12,15H,5-11H2,(H,19,24)(H,22,23)/t15-/m1/s1. The monoisotopic (exact) mass is 378 g/mol. The molecule has 2 aliphatic heterocycles. The number of fused-ring (bicyclic) bond motifs is 1. The van der Waals surface area contributed by atoms with Crippen molar-refractivity contribution in [1.29, 1.82) is 0 Å². The van der Waals surface area contributed by atoms with E-state index in [0.29, 0.717) is 26.1 Å². The van der Waals surface area contributed by atoms with Gasteiger partial charge in [0.1, 0.15) is 0 Å². The van der Waals surface area contributed by atoms with Gasteiger partial charge in [0, 0.05) is 37.1 Å². The number of rotatable bonds is 6. The van der Waals surface area contributed by atoms with Crippen molar-refractivity contribution in [1.82, 2.24) is 4.90 Å². The number of carbonyl (C=O) groups excluding carboxylic acids is 2. The molecule has 2 aliphatic rings. The third-order valence-electron chi connectivity index (χ3n) is 4.59. The first-order valence-corrected chi connectivity index (χ1v) is 9.58. The minimum absolute atomic E-state index is 0.0282. The lowest BCUT2D eigenvalue weighted by Crippen LogP contribution is -2.46. The van der Waals surface area contributed by atoms with Gasteiger partial charge in [-0.3, -0.25) is 14.4 Å². The first-order chi connectivity index (χ1) is 12.5. The Balaban J connectivity index is 1.68. The van der Waals surface area contributed by atoms with Gasteiger partial charge in [-0.25, -0.2) is 0 Å². The lowest BCUT2D eigenvalue weighted by Gasteiger charge is -2.35. The number of nitrogens with one attached hydrogen (secondary N) is 1. The molecule has 0 aromatic heterocycles. The van der Waals surface area contributed by atoms with Crippen LogP contribution < -0.4 is 5.32 Å². The number of benzene rings is 1. The van der Waals surface area contributed by atoms with E-state index in [1.807, 2.05) is 24.3 Å². The first kappa shape index (κ1) is 18.7. The number of ether oxygens (including phenoxy) is 1. The van der Waals surface area contributed by atoms with Gasteiger partial charge in [0.15, 0.2) is 0 Å². The largest absolute Gasteiger partial charge is 0.481 e. The van der Waals surface area contributed by atoms with Crippen LogP contribution >= 0.6 is 11.8 Å². The molecular weight excluding hydrogens is 356 g/mol. The molecule has 140 valence electrons. The van der Waals surface area contributed by atoms with Crippen molar-refractivity contribution in [3.05, 3.63) is 24.3 Å². The zero-order valence-corrected chi connectivity index (χ0v) is 15.2. The fraction of sp³-hybridized carbons (Fsp3) is 0.500. The fourth-order valence-electron chi connectivity index (χ4n) is 3.23. The Bertz CT molecular complexity index is 690. The summed E-state index contributed by atoms with van der Waals surface area (Å²) in [6, 6.07) is 7.46. The van der Waals surface area contributed by atoms with Crippen LogP contribution in [-0.4, -0.2) is 58.8 Å². The van der Waals surface area contributed by atoms with Crippen LogP contribution in [0, 0.1) is 0 Å². The van der Waals surface area contributed by atoms with E-state index in [9.17, 15) is 14.4 Å². The zero-order chi connectivity index (χ0) is 18.5. The Morgan fingerprint density at radius 2 is 2.00 bits per heavy atom. The lowest BCUT2D eigenvalue weighted by atomic mass is 10.1. The summed E-state index contributed by atoms with van der Waals surface area (Å²) in [5, 5.41) is 11.3. The number of anilines is 1. The maximum absolute atomic E-state index is 12.9. The van der Waals surface area contributed by atoms with Crippen LogP contribution in [0.4, 0.5) is 5.69 Å². The van der Waals surface area contributed by atoms with Crippen molar-refractivity contribution in [3.8, 4) is 0 Å². The second-order valence-electron chi connectivity index (χ2n) is 6.37. The van der Waals surface area contributed by atoms with Crippen LogP contribution in [0.25, 0.3) is 0 Å². The van der Waals surface area contributed by atoms with Crippen molar-refractivity contribution in [2.24, 2.45) is 0 Å². The SMILES string of the molecule is O=C(O)CCN(C(=O)C[C@H]1Sc2ccccc2NC1=O)C1CCOCC1. The molecule has 1 saturated heterocycles. The van der Waals surface area contributed by atoms with E-state index in [1.165, 1.54) is 11.8 Å². The summed E-state index contributed by atoms with van der Waals surface area (Å²) in [4.78, 5) is 38.7. The molecule has 8 heteroatoms. The lowest BCUT2D eigenvalue weighted by molar-refractivity contribution is -0.140. The van der Waals surface area contributed by atoms with E-state index < -0.39 is 11.2 Å². The third-order valence-corrected chi connectivity index (χ3v) is 5.86. The predicted molar refractivity (Wildman–Crippen MR) is 97.1 cm³/mol. The normalized spacial score (nSPS) is 20.2. The molecule has 0 bridgehead atoms. The minimum Gasteiger partial charge on any atom is -0.481 e.